The first-order valence-corrected chi connectivity index (χ1v) is 4.05. The van der Waals surface area contributed by atoms with Crippen LogP contribution in [0.15, 0.2) is 24.5 Å². The molecule has 0 aromatic carbocycles. The van der Waals surface area contributed by atoms with E-state index in [1.807, 2.05) is 32.3 Å². The van der Waals surface area contributed by atoms with Crippen molar-refractivity contribution in [1.29, 1.82) is 0 Å². The van der Waals surface area contributed by atoms with Crippen LogP contribution in [-0.2, 0) is 7.05 Å². The summed E-state index contributed by atoms with van der Waals surface area (Å²) in [5.41, 5.74) is 2.78. The smallest absolute Gasteiger partial charge is 0.0961 e. The minimum absolute atomic E-state index is 0.860. The van der Waals surface area contributed by atoms with Gasteiger partial charge in [0.2, 0.25) is 0 Å². The van der Waals surface area contributed by atoms with Gasteiger partial charge in [-0.25, -0.2) is 0 Å². The lowest BCUT2D eigenvalue weighted by Gasteiger charge is -1.94. The van der Waals surface area contributed by atoms with Crippen molar-refractivity contribution in [3.05, 3.63) is 30.2 Å². The van der Waals surface area contributed by atoms with Crippen LogP contribution >= 0.6 is 0 Å². The normalized spacial score (nSPS) is 10.3. The molecular weight excluding hydrogens is 164 g/mol. The Balaban J connectivity index is 2.41. The van der Waals surface area contributed by atoms with E-state index in [-0.39, 0.29) is 0 Å². The van der Waals surface area contributed by atoms with Crippen LogP contribution < -0.4 is 0 Å². The van der Waals surface area contributed by atoms with Gasteiger partial charge >= 0.3 is 0 Å². The molecule has 2 heterocycles. The van der Waals surface area contributed by atoms with Crippen molar-refractivity contribution in [3.8, 4) is 11.3 Å². The zero-order valence-electron chi connectivity index (χ0n) is 7.60. The third-order valence-corrected chi connectivity index (χ3v) is 1.80. The molecule has 0 fully saturated rings. The fraction of sp³-hybridized carbons (Fsp3) is 0.222. The first-order valence-electron chi connectivity index (χ1n) is 4.05. The molecule has 0 N–H and O–H groups in total. The largest absolute Gasteiger partial charge is 0.275 e. The molecule has 0 atom stereocenters. The van der Waals surface area contributed by atoms with Gasteiger partial charge in [0.1, 0.15) is 0 Å². The van der Waals surface area contributed by atoms with Crippen molar-refractivity contribution >= 4 is 0 Å². The molecule has 0 amide bonds. The van der Waals surface area contributed by atoms with Crippen LogP contribution in [0.2, 0.25) is 0 Å². The first-order chi connectivity index (χ1) is 6.25. The summed E-state index contributed by atoms with van der Waals surface area (Å²) in [4.78, 5) is 0. The van der Waals surface area contributed by atoms with Crippen molar-refractivity contribution < 1.29 is 0 Å². The zero-order valence-corrected chi connectivity index (χ0v) is 7.60. The maximum atomic E-state index is 4.06. The van der Waals surface area contributed by atoms with E-state index in [0.29, 0.717) is 0 Å². The van der Waals surface area contributed by atoms with Gasteiger partial charge in [-0.15, -0.1) is 0 Å². The summed E-state index contributed by atoms with van der Waals surface area (Å²) >= 11 is 0. The van der Waals surface area contributed by atoms with Gasteiger partial charge in [-0.2, -0.15) is 15.3 Å². The van der Waals surface area contributed by atoms with E-state index in [1.165, 1.54) is 0 Å². The van der Waals surface area contributed by atoms with E-state index in [0.717, 1.165) is 17.0 Å². The maximum absolute atomic E-state index is 4.06. The Morgan fingerprint density at radius 2 is 2.08 bits per heavy atom. The summed E-state index contributed by atoms with van der Waals surface area (Å²) in [5, 5.41) is 12.1. The average molecular weight is 174 g/mol. The molecule has 0 aliphatic carbocycles. The second-order valence-corrected chi connectivity index (χ2v) is 2.96. The summed E-state index contributed by atoms with van der Waals surface area (Å²) in [6.07, 6.45) is 3.69. The molecule has 2 rings (SSSR count). The van der Waals surface area contributed by atoms with Gasteiger partial charge in [0.15, 0.2) is 0 Å². The fourth-order valence-corrected chi connectivity index (χ4v) is 1.11. The lowest BCUT2D eigenvalue weighted by Crippen LogP contribution is -1.88. The quantitative estimate of drug-likeness (QED) is 0.652. The molecule has 0 radical (unpaired) electrons. The lowest BCUT2D eigenvalue weighted by atomic mass is 10.2. The van der Waals surface area contributed by atoms with Crippen LogP contribution in [0, 0.1) is 6.92 Å². The number of aromatic nitrogens is 4. The lowest BCUT2D eigenvalue weighted by molar-refractivity contribution is 0.768. The predicted octanol–water partition coefficient (Wildman–Crippen LogP) is 1.19. The third kappa shape index (κ3) is 1.56. The van der Waals surface area contributed by atoms with Crippen molar-refractivity contribution in [1.82, 2.24) is 20.0 Å². The molecule has 0 bridgehead atoms. The molecule has 0 saturated carbocycles. The van der Waals surface area contributed by atoms with E-state index in [2.05, 4.69) is 15.3 Å². The maximum Gasteiger partial charge on any atom is 0.0961 e. The molecule has 4 nitrogen and oxygen atoms in total. The van der Waals surface area contributed by atoms with Crippen LogP contribution in [0.4, 0.5) is 0 Å². The van der Waals surface area contributed by atoms with E-state index in [1.54, 1.807) is 10.9 Å². The van der Waals surface area contributed by atoms with Gasteiger partial charge in [-0.05, 0) is 19.1 Å². The van der Waals surface area contributed by atoms with Gasteiger partial charge in [0.05, 0.1) is 17.6 Å². The molecule has 0 aliphatic rings. The molecule has 66 valence electrons. The first kappa shape index (κ1) is 7.91. The van der Waals surface area contributed by atoms with Crippen molar-refractivity contribution in [3.63, 3.8) is 0 Å². The summed E-state index contributed by atoms with van der Waals surface area (Å²) in [6, 6.07) is 3.88. The van der Waals surface area contributed by atoms with Gasteiger partial charge in [-0.3, -0.25) is 4.68 Å². The zero-order chi connectivity index (χ0) is 9.26. The highest BCUT2D eigenvalue weighted by Crippen LogP contribution is 2.13. The molecule has 2 aromatic rings. The van der Waals surface area contributed by atoms with Gasteiger partial charge in [0.25, 0.3) is 0 Å². The Hall–Kier alpha value is -1.71. The van der Waals surface area contributed by atoms with Gasteiger partial charge in [0, 0.05) is 18.8 Å². The standard InChI is InChI=1S/C9H10N4/c1-7-3-4-9(12-11-7)8-5-10-13(2)6-8/h3-6H,1-2H3. The second-order valence-electron chi connectivity index (χ2n) is 2.96. The summed E-state index contributed by atoms with van der Waals surface area (Å²) in [5.74, 6) is 0. The van der Waals surface area contributed by atoms with E-state index >= 15 is 0 Å². The SMILES string of the molecule is Cc1ccc(-c2cnn(C)c2)nn1. The van der Waals surface area contributed by atoms with Crippen LogP contribution in [0.1, 0.15) is 5.69 Å². The molecule has 0 spiro atoms. The Kier molecular flexibility index (Phi) is 1.81. The molecule has 4 heteroatoms. The number of aryl methyl sites for hydroxylation is 2. The van der Waals surface area contributed by atoms with Gasteiger partial charge in [-0.1, -0.05) is 0 Å². The van der Waals surface area contributed by atoms with Crippen LogP contribution in [-0.4, -0.2) is 20.0 Å². The highest BCUT2D eigenvalue weighted by atomic mass is 15.2. The summed E-state index contributed by atoms with van der Waals surface area (Å²) in [7, 11) is 1.88. The minimum Gasteiger partial charge on any atom is -0.275 e. The Bertz CT molecular complexity index is 402. The highest BCUT2D eigenvalue weighted by molar-refractivity contribution is 5.55. The molecule has 13 heavy (non-hydrogen) atoms. The average Bonchev–Trinajstić information content (AvgIpc) is 2.53. The number of rotatable bonds is 1. The van der Waals surface area contributed by atoms with Crippen molar-refractivity contribution in [2.45, 2.75) is 6.92 Å². The monoisotopic (exact) mass is 174 g/mol. The van der Waals surface area contributed by atoms with Crippen LogP contribution in [0.25, 0.3) is 11.3 Å². The molecular formula is C9H10N4. The molecule has 2 aromatic heterocycles. The van der Waals surface area contributed by atoms with Gasteiger partial charge < -0.3 is 0 Å². The number of nitrogens with zero attached hydrogens (tertiary/aromatic N) is 4. The number of hydrogen-bond donors (Lipinski definition) is 0. The predicted molar refractivity (Wildman–Crippen MR) is 49.0 cm³/mol. The summed E-state index contributed by atoms with van der Waals surface area (Å²) in [6.45, 7) is 1.92. The molecule has 0 saturated heterocycles. The molecule has 0 unspecified atom stereocenters. The van der Waals surface area contributed by atoms with Crippen molar-refractivity contribution in [2.24, 2.45) is 7.05 Å². The Labute approximate surface area is 76.2 Å². The Morgan fingerprint density at radius 3 is 2.62 bits per heavy atom. The summed E-state index contributed by atoms with van der Waals surface area (Å²) < 4.78 is 1.75. The third-order valence-electron chi connectivity index (χ3n) is 1.80. The van der Waals surface area contributed by atoms with E-state index in [9.17, 15) is 0 Å². The number of hydrogen-bond acceptors (Lipinski definition) is 3. The Morgan fingerprint density at radius 1 is 1.23 bits per heavy atom. The van der Waals surface area contributed by atoms with Crippen molar-refractivity contribution in [2.75, 3.05) is 0 Å². The second kappa shape index (κ2) is 2.97. The van der Waals surface area contributed by atoms with E-state index < -0.39 is 0 Å². The molecule has 0 aliphatic heterocycles. The minimum atomic E-state index is 0.860. The van der Waals surface area contributed by atoms with Crippen LogP contribution in [0.5, 0.6) is 0 Å². The highest BCUT2D eigenvalue weighted by Gasteiger charge is 2.00. The fourth-order valence-electron chi connectivity index (χ4n) is 1.11. The van der Waals surface area contributed by atoms with Crippen LogP contribution in [0.3, 0.4) is 0 Å². The topological polar surface area (TPSA) is 43.6 Å². The van der Waals surface area contributed by atoms with E-state index in [4.69, 9.17) is 0 Å².